The zero-order valence-electron chi connectivity index (χ0n) is 12.5. The number of benzene rings is 1. The van der Waals surface area contributed by atoms with Crippen LogP contribution in [0.3, 0.4) is 0 Å². The van der Waals surface area contributed by atoms with Crippen molar-refractivity contribution in [1.29, 1.82) is 0 Å². The van der Waals surface area contributed by atoms with Crippen molar-refractivity contribution in [3.8, 4) is 5.75 Å². The van der Waals surface area contributed by atoms with Crippen LogP contribution in [0.5, 0.6) is 5.75 Å². The van der Waals surface area contributed by atoms with Crippen molar-refractivity contribution in [2.45, 2.75) is 32.2 Å². The Morgan fingerprint density at radius 3 is 2.45 bits per heavy atom. The van der Waals surface area contributed by atoms with E-state index in [0.717, 1.165) is 12.3 Å². The highest BCUT2D eigenvalue weighted by atomic mass is 35.5. The SMILES string of the molecule is CC(Cc1ccc(O)cc1)N(C)CC1CCNCC1.Cl. The Bertz CT molecular complexity index is 377. The van der Waals surface area contributed by atoms with E-state index in [1.807, 2.05) is 12.1 Å². The minimum atomic E-state index is 0. The Kier molecular flexibility index (Phi) is 7.35. The molecule has 3 nitrogen and oxygen atoms in total. The van der Waals surface area contributed by atoms with Crippen molar-refractivity contribution in [3.63, 3.8) is 0 Å². The second-order valence-corrected chi connectivity index (χ2v) is 5.85. The number of halogens is 1. The van der Waals surface area contributed by atoms with Gasteiger partial charge in [-0.2, -0.15) is 0 Å². The van der Waals surface area contributed by atoms with Crippen molar-refractivity contribution in [1.82, 2.24) is 10.2 Å². The van der Waals surface area contributed by atoms with Crippen LogP contribution >= 0.6 is 12.4 Å². The van der Waals surface area contributed by atoms with Gasteiger partial charge in [-0.3, -0.25) is 0 Å². The molecule has 1 saturated heterocycles. The number of rotatable bonds is 5. The third-order valence-electron chi connectivity index (χ3n) is 4.22. The fourth-order valence-electron chi connectivity index (χ4n) is 2.78. The molecule has 1 aromatic rings. The average Bonchev–Trinajstić information content (AvgIpc) is 2.42. The maximum atomic E-state index is 9.30. The lowest BCUT2D eigenvalue weighted by Crippen LogP contribution is -2.39. The largest absolute Gasteiger partial charge is 0.508 e. The third-order valence-corrected chi connectivity index (χ3v) is 4.22. The van der Waals surface area contributed by atoms with Crippen LogP contribution in [0.4, 0.5) is 0 Å². The predicted molar refractivity (Wildman–Crippen MR) is 86.7 cm³/mol. The summed E-state index contributed by atoms with van der Waals surface area (Å²) in [4.78, 5) is 2.48. The molecule has 0 radical (unpaired) electrons. The smallest absolute Gasteiger partial charge is 0.115 e. The molecule has 1 aromatic carbocycles. The van der Waals surface area contributed by atoms with Gasteiger partial charge >= 0.3 is 0 Å². The van der Waals surface area contributed by atoms with E-state index in [1.165, 1.54) is 38.0 Å². The van der Waals surface area contributed by atoms with Crippen molar-refractivity contribution >= 4 is 12.4 Å². The normalized spacial score (nSPS) is 17.8. The van der Waals surface area contributed by atoms with Gasteiger partial charge in [0.25, 0.3) is 0 Å². The van der Waals surface area contributed by atoms with Crippen molar-refractivity contribution in [3.05, 3.63) is 29.8 Å². The summed E-state index contributed by atoms with van der Waals surface area (Å²) < 4.78 is 0. The summed E-state index contributed by atoms with van der Waals surface area (Å²) >= 11 is 0. The molecular weight excluding hydrogens is 272 g/mol. The monoisotopic (exact) mass is 298 g/mol. The minimum Gasteiger partial charge on any atom is -0.508 e. The van der Waals surface area contributed by atoms with Gasteiger partial charge in [-0.15, -0.1) is 12.4 Å². The second-order valence-electron chi connectivity index (χ2n) is 5.85. The lowest BCUT2D eigenvalue weighted by atomic mass is 9.96. The first-order valence-electron chi connectivity index (χ1n) is 7.34. The highest BCUT2D eigenvalue weighted by Gasteiger charge is 2.18. The summed E-state index contributed by atoms with van der Waals surface area (Å²) in [5.41, 5.74) is 1.29. The van der Waals surface area contributed by atoms with Crippen LogP contribution in [0, 0.1) is 5.92 Å². The van der Waals surface area contributed by atoms with Gasteiger partial charge in [-0.1, -0.05) is 12.1 Å². The van der Waals surface area contributed by atoms with Gasteiger partial charge in [0.1, 0.15) is 5.75 Å². The molecule has 0 spiro atoms. The molecule has 20 heavy (non-hydrogen) atoms. The predicted octanol–water partition coefficient (Wildman–Crippen LogP) is 2.68. The molecule has 114 valence electrons. The van der Waals surface area contributed by atoms with Crippen molar-refractivity contribution in [2.24, 2.45) is 5.92 Å². The molecule has 0 aromatic heterocycles. The number of piperidine rings is 1. The van der Waals surface area contributed by atoms with Crippen LogP contribution in [0.25, 0.3) is 0 Å². The van der Waals surface area contributed by atoms with E-state index in [2.05, 4.69) is 24.2 Å². The molecule has 0 saturated carbocycles. The van der Waals surface area contributed by atoms with Gasteiger partial charge in [0.15, 0.2) is 0 Å². The highest BCUT2D eigenvalue weighted by Crippen LogP contribution is 2.17. The molecule has 2 N–H and O–H groups in total. The van der Waals surface area contributed by atoms with E-state index >= 15 is 0 Å². The van der Waals surface area contributed by atoms with E-state index in [-0.39, 0.29) is 12.4 Å². The first kappa shape index (κ1) is 17.3. The van der Waals surface area contributed by atoms with Gasteiger partial charge in [0, 0.05) is 12.6 Å². The molecule has 1 aliphatic rings. The minimum absolute atomic E-state index is 0. The number of aromatic hydroxyl groups is 1. The molecule has 1 heterocycles. The molecular formula is C16H27ClN2O. The molecule has 0 bridgehead atoms. The van der Waals surface area contributed by atoms with Crippen LogP contribution in [0.2, 0.25) is 0 Å². The van der Waals surface area contributed by atoms with Crippen molar-refractivity contribution < 1.29 is 5.11 Å². The fourth-order valence-corrected chi connectivity index (χ4v) is 2.78. The van der Waals surface area contributed by atoms with Gasteiger partial charge in [-0.05, 0) is 69.9 Å². The molecule has 4 heteroatoms. The van der Waals surface area contributed by atoms with Crippen LogP contribution in [-0.2, 0) is 6.42 Å². The lowest BCUT2D eigenvalue weighted by molar-refractivity contribution is 0.194. The Morgan fingerprint density at radius 1 is 1.25 bits per heavy atom. The fraction of sp³-hybridized carbons (Fsp3) is 0.625. The molecule has 1 fully saturated rings. The van der Waals surface area contributed by atoms with Crippen LogP contribution in [0.15, 0.2) is 24.3 Å². The summed E-state index contributed by atoms with van der Waals surface area (Å²) in [6, 6.07) is 8.12. The third kappa shape index (κ3) is 5.31. The molecule has 2 rings (SSSR count). The van der Waals surface area contributed by atoms with Crippen LogP contribution in [-0.4, -0.2) is 42.7 Å². The summed E-state index contributed by atoms with van der Waals surface area (Å²) in [6.07, 6.45) is 3.65. The zero-order valence-corrected chi connectivity index (χ0v) is 13.3. The quantitative estimate of drug-likeness (QED) is 0.877. The first-order chi connectivity index (χ1) is 9.15. The van der Waals surface area contributed by atoms with Crippen LogP contribution < -0.4 is 5.32 Å². The number of nitrogens with one attached hydrogen (secondary N) is 1. The number of phenolic OH excluding ortho intramolecular Hbond substituents is 1. The highest BCUT2D eigenvalue weighted by molar-refractivity contribution is 5.85. The van der Waals surface area contributed by atoms with Gasteiger partial charge in [-0.25, -0.2) is 0 Å². The van der Waals surface area contributed by atoms with E-state index < -0.39 is 0 Å². The van der Waals surface area contributed by atoms with E-state index in [9.17, 15) is 5.11 Å². The Morgan fingerprint density at radius 2 is 1.85 bits per heavy atom. The van der Waals surface area contributed by atoms with E-state index in [4.69, 9.17) is 0 Å². The summed E-state index contributed by atoms with van der Waals surface area (Å²) in [7, 11) is 2.23. The molecule has 1 unspecified atom stereocenters. The van der Waals surface area contributed by atoms with Gasteiger partial charge < -0.3 is 15.3 Å². The topological polar surface area (TPSA) is 35.5 Å². The van der Waals surface area contributed by atoms with E-state index in [1.54, 1.807) is 12.1 Å². The number of hydrogen-bond acceptors (Lipinski definition) is 3. The number of nitrogens with zero attached hydrogens (tertiary/aromatic N) is 1. The van der Waals surface area contributed by atoms with Crippen LogP contribution in [0.1, 0.15) is 25.3 Å². The summed E-state index contributed by atoms with van der Waals surface area (Å²) in [5.74, 6) is 1.19. The number of likely N-dealkylation sites (N-methyl/N-ethyl adjacent to an activating group) is 1. The Labute approximate surface area is 128 Å². The maximum Gasteiger partial charge on any atom is 0.115 e. The van der Waals surface area contributed by atoms with Crippen molar-refractivity contribution in [2.75, 3.05) is 26.7 Å². The van der Waals surface area contributed by atoms with Gasteiger partial charge in [0.2, 0.25) is 0 Å². The Hall–Kier alpha value is -0.770. The maximum absolute atomic E-state index is 9.30. The zero-order chi connectivity index (χ0) is 13.7. The first-order valence-corrected chi connectivity index (χ1v) is 7.34. The number of hydrogen-bond donors (Lipinski definition) is 2. The molecule has 0 aliphatic carbocycles. The molecule has 1 aliphatic heterocycles. The number of phenols is 1. The van der Waals surface area contributed by atoms with Gasteiger partial charge in [0.05, 0.1) is 0 Å². The molecule has 1 atom stereocenters. The molecule has 0 amide bonds. The van der Waals surface area contributed by atoms with E-state index in [0.29, 0.717) is 11.8 Å². The lowest BCUT2D eigenvalue weighted by Gasteiger charge is -2.31. The summed E-state index contributed by atoms with van der Waals surface area (Å²) in [5, 5.41) is 12.7. The Balaban J connectivity index is 0.00000200. The second kappa shape index (κ2) is 8.50. The summed E-state index contributed by atoms with van der Waals surface area (Å²) in [6.45, 7) is 5.82. The average molecular weight is 299 g/mol. The standard InChI is InChI=1S/C16H26N2O.ClH/c1-13(11-14-3-5-16(19)6-4-14)18(2)12-15-7-9-17-10-8-15;/h3-6,13,15,17,19H,7-12H2,1-2H3;1H.